The Morgan fingerprint density at radius 2 is 2.16 bits per heavy atom. The number of halogens is 3. The monoisotopic (exact) mass is 275 g/mol. The van der Waals surface area contributed by atoms with E-state index in [4.69, 9.17) is 0 Å². The number of rotatable bonds is 3. The first kappa shape index (κ1) is 14.4. The summed E-state index contributed by atoms with van der Waals surface area (Å²) in [5, 5.41) is 7.06. The second-order valence-electron chi connectivity index (χ2n) is 5.20. The van der Waals surface area contributed by atoms with Gasteiger partial charge in [-0.3, -0.25) is 4.68 Å². The molecule has 3 nitrogen and oxygen atoms in total. The third-order valence-corrected chi connectivity index (χ3v) is 3.72. The molecule has 2 unspecified atom stereocenters. The molecule has 0 spiro atoms. The average Bonchev–Trinajstić information content (AvgIpc) is 2.70. The van der Waals surface area contributed by atoms with Crippen LogP contribution >= 0.6 is 0 Å². The Balaban J connectivity index is 2.00. The number of aromatic nitrogens is 2. The molecule has 1 aromatic rings. The van der Waals surface area contributed by atoms with Crippen LogP contribution < -0.4 is 5.32 Å². The van der Waals surface area contributed by atoms with Crippen molar-refractivity contribution in [1.29, 1.82) is 0 Å². The predicted molar refractivity (Wildman–Crippen MR) is 66.9 cm³/mol. The molecule has 0 radical (unpaired) electrons. The minimum atomic E-state index is -4.14. The van der Waals surface area contributed by atoms with Crippen molar-refractivity contribution in [1.82, 2.24) is 15.1 Å². The Hall–Kier alpha value is -1.04. The van der Waals surface area contributed by atoms with Gasteiger partial charge in [0.1, 0.15) is 6.04 Å². The lowest BCUT2D eigenvalue weighted by molar-refractivity contribution is -0.163. The van der Waals surface area contributed by atoms with Gasteiger partial charge in [0.15, 0.2) is 0 Å². The van der Waals surface area contributed by atoms with Crippen molar-refractivity contribution in [3.8, 4) is 0 Å². The normalized spacial score (nSPS) is 24.7. The molecule has 1 aromatic heterocycles. The molecule has 0 amide bonds. The fraction of sp³-hybridized carbons (Fsp3) is 0.769. The fourth-order valence-electron chi connectivity index (χ4n) is 2.63. The fourth-order valence-corrected chi connectivity index (χ4v) is 2.63. The highest BCUT2D eigenvalue weighted by molar-refractivity contribution is 5.12. The van der Waals surface area contributed by atoms with E-state index >= 15 is 0 Å². The van der Waals surface area contributed by atoms with Gasteiger partial charge in [-0.25, -0.2) is 0 Å². The lowest BCUT2D eigenvalue weighted by Crippen LogP contribution is -2.51. The third-order valence-electron chi connectivity index (χ3n) is 3.72. The van der Waals surface area contributed by atoms with Gasteiger partial charge in [-0.2, -0.15) is 18.3 Å². The van der Waals surface area contributed by atoms with E-state index in [-0.39, 0.29) is 12.5 Å². The van der Waals surface area contributed by atoms with Crippen molar-refractivity contribution in [2.45, 2.75) is 57.3 Å². The average molecular weight is 275 g/mol. The molecule has 1 aliphatic heterocycles. The number of hydrogen-bond donors (Lipinski definition) is 1. The van der Waals surface area contributed by atoms with Gasteiger partial charge < -0.3 is 5.32 Å². The maximum Gasteiger partial charge on any atom is 0.403 e. The Morgan fingerprint density at radius 3 is 2.74 bits per heavy atom. The molecule has 0 saturated carbocycles. The number of alkyl halides is 3. The number of piperidine rings is 1. The maximum absolute atomic E-state index is 12.7. The van der Waals surface area contributed by atoms with E-state index in [1.165, 1.54) is 0 Å². The molecule has 2 atom stereocenters. The Labute approximate surface area is 111 Å². The van der Waals surface area contributed by atoms with Gasteiger partial charge in [0.05, 0.1) is 5.69 Å². The summed E-state index contributed by atoms with van der Waals surface area (Å²) in [4.78, 5) is 0. The van der Waals surface area contributed by atoms with E-state index < -0.39 is 12.2 Å². The first-order valence-corrected chi connectivity index (χ1v) is 6.74. The zero-order valence-electron chi connectivity index (χ0n) is 11.3. The van der Waals surface area contributed by atoms with Crippen molar-refractivity contribution >= 4 is 0 Å². The number of nitrogens with zero attached hydrogens (tertiary/aromatic N) is 2. The molecule has 1 aliphatic rings. The molecule has 2 rings (SSSR count). The van der Waals surface area contributed by atoms with Crippen LogP contribution in [0.1, 0.15) is 37.6 Å². The zero-order valence-corrected chi connectivity index (χ0v) is 11.3. The highest BCUT2D eigenvalue weighted by Gasteiger charge is 2.41. The van der Waals surface area contributed by atoms with E-state index in [9.17, 15) is 13.2 Å². The SMILES string of the molecule is CCc1cc(CC2CCCC(C(F)(F)F)N2)n(C)n1. The Kier molecular flexibility index (Phi) is 4.18. The maximum atomic E-state index is 12.7. The predicted octanol–water partition coefficient (Wildman–Crippen LogP) is 2.60. The van der Waals surface area contributed by atoms with Crippen LogP contribution in [0.3, 0.4) is 0 Å². The van der Waals surface area contributed by atoms with Crippen LogP contribution in [0.25, 0.3) is 0 Å². The summed E-state index contributed by atoms with van der Waals surface area (Å²) in [5.74, 6) is 0. The van der Waals surface area contributed by atoms with Gasteiger partial charge in [-0.15, -0.1) is 0 Å². The van der Waals surface area contributed by atoms with Gasteiger partial charge in [0, 0.05) is 25.2 Å². The summed E-state index contributed by atoms with van der Waals surface area (Å²) in [5.41, 5.74) is 1.98. The molecule has 2 heterocycles. The molecule has 0 aliphatic carbocycles. The molecule has 1 saturated heterocycles. The zero-order chi connectivity index (χ0) is 14.0. The molecule has 1 fully saturated rings. The second-order valence-corrected chi connectivity index (χ2v) is 5.20. The van der Waals surface area contributed by atoms with Gasteiger partial charge in [0.2, 0.25) is 0 Å². The third kappa shape index (κ3) is 3.49. The molecule has 19 heavy (non-hydrogen) atoms. The minimum absolute atomic E-state index is 0.111. The minimum Gasteiger partial charge on any atom is -0.303 e. The summed E-state index contributed by atoms with van der Waals surface area (Å²) in [6.45, 7) is 2.02. The first-order chi connectivity index (χ1) is 8.90. The van der Waals surface area contributed by atoms with E-state index in [0.29, 0.717) is 12.8 Å². The van der Waals surface area contributed by atoms with Crippen molar-refractivity contribution < 1.29 is 13.2 Å². The van der Waals surface area contributed by atoms with Crippen LogP contribution in [-0.2, 0) is 19.9 Å². The largest absolute Gasteiger partial charge is 0.403 e. The lowest BCUT2D eigenvalue weighted by atomic mass is 9.95. The second kappa shape index (κ2) is 5.53. The van der Waals surface area contributed by atoms with Crippen LogP contribution in [0.2, 0.25) is 0 Å². The van der Waals surface area contributed by atoms with Gasteiger partial charge in [0.25, 0.3) is 0 Å². The van der Waals surface area contributed by atoms with E-state index in [0.717, 1.165) is 24.2 Å². The quantitative estimate of drug-likeness (QED) is 0.919. The Morgan fingerprint density at radius 1 is 1.42 bits per heavy atom. The smallest absolute Gasteiger partial charge is 0.303 e. The standard InChI is InChI=1S/C13H20F3N3/c1-3-9-7-11(19(2)18-9)8-10-5-4-6-12(17-10)13(14,15)16/h7,10,12,17H,3-6,8H2,1-2H3. The Bertz CT molecular complexity index is 425. The topological polar surface area (TPSA) is 29.9 Å². The van der Waals surface area contributed by atoms with Crippen LogP contribution in [0.5, 0.6) is 0 Å². The summed E-state index contributed by atoms with van der Waals surface area (Å²) < 4.78 is 39.9. The van der Waals surface area contributed by atoms with Gasteiger partial charge >= 0.3 is 6.18 Å². The van der Waals surface area contributed by atoms with Gasteiger partial charge in [-0.1, -0.05) is 6.92 Å². The molecule has 6 heteroatoms. The number of aryl methyl sites for hydroxylation is 2. The molecule has 108 valence electrons. The molecular formula is C13H20F3N3. The van der Waals surface area contributed by atoms with Crippen molar-refractivity contribution in [2.75, 3.05) is 0 Å². The number of nitrogens with one attached hydrogen (secondary N) is 1. The summed E-state index contributed by atoms with van der Waals surface area (Å²) in [6, 6.07) is 0.518. The lowest BCUT2D eigenvalue weighted by Gasteiger charge is -2.32. The summed E-state index contributed by atoms with van der Waals surface area (Å²) >= 11 is 0. The molecule has 0 bridgehead atoms. The van der Waals surface area contributed by atoms with Crippen LogP contribution in [-0.4, -0.2) is 28.0 Å². The summed E-state index contributed by atoms with van der Waals surface area (Å²) in [7, 11) is 1.85. The number of hydrogen-bond acceptors (Lipinski definition) is 2. The highest BCUT2D eigenvalue weighted by Crippen LogP contribution is 2.28. The van der Waals surface area contributed by atoms with Crippen LogP contribution in [0.4, 0.5) is 13.2 Å². The van der Waals surface area contributed by atoms with Crippen LogP contribution in [0, 0.1) is 0 Å². The van der Waals surface area contributed by atoms with Crippen molar-refractivity contribution in [2.24, 2.45) is 7.05 Å². The molecular weight excluding hydrogens is 255 g/mol. The van der Waals surface area contributed by atoms with Crippen LogP contribution in [0.15, 0.2) is 6.07 Å². The molecule has 0 aromatic carbocycles. The van der Waals surface area contributed by atoms with E-state index in [1.807, 2.05) is 20.0 Å². The summed E-state index contributed by atoms with van der Waals surface area (Å²) in [6.07, 6.45) is -1.09. The molecule has 1 N–H and O–H groups in total. The van der Waals surface area contributed by atoms with Crippen molar-refractivity contribution in [3.05, 3.63) is 17.5 Å². The van der Waals surface area contributed by atoms with E-state index in [1.54, 1.807) is 4.68 Å². The highest BCUT2D eigenvalue weighted by atomic mass is 19.4. The van der Waals surface area contributed by atoms with Gasteiger partial charge in [-0.05, 0) is 31.7 Å². The van der Waals surface area contributed by atoms with E-state index in [2.05, 4.69) is 10.4 Å². The first-order valence-electron chi connectivity index (χ1n) is 6.74. The van der Waals surface area contributed by atoms with Crippen molar-refractivity contribution in [3.63, 3.8) is 0 Å².